The minimum absolute atomic E-state index is 0.0412. The lowest BCUT2D eigenvalue weighted by Gasteiger charge is -2.30. The Balaban J connectivity index is 1.64. The minimum atomic E-state index is -0.0711. The van der Waals surface area contributed by atoms with Gasteiger partial charge in [-0.2, -0.15) is 5.26 Å². The molecule has 1 fully saturated rings. The quantitative estimate of drug-likeness (QED) is 0.772. The lowest BCUT2D eigenvalue weighted by atomic mass is 9.84. The Kier molecular flexibility index (Phi) is 6.62. The summed E-state index contributed by atoms with van der Waals surface area (Å²) >= 11 is 0. The van der Waals surface area contributed by atoms with Crippen LogP contribution >= 0.6 is 0 Å². The number of nitrogens with zero attached hydrogens (tertiary/aromatic N) is 1. The highest BCUT2D eigenvalue weighted by molar-refractivity contribution is 5.73. The van der Waals surface area contributed by atoms with Crippen LogP contribution in [-0.4, -0.2) is 18.6 Å². The lowest BCUT2D eigenvalue weighted by Crippen LogP contribution is -2.42. The van der Waals surface area contributed by atoms with E-state index in [2.05, 4.69) is 35.7 Å². The molecule has 0 aromatic heterocycles. The summed E-state index contributed by atoms with van der Waals surface area (Å²) in [7, 11) is 0. The molecule has 0 aliphatic heterocycles. The van der Waals surface area contributed by atoms with Crippen molar-refractivity contribution in [3.05, 3.63) is 59.7 Å². The maximum absolute atomic E-state index is 12.2. The molecule has 2 aromatic rings. The molecule has 0 unspecified atom stereocenters. The van der Waals surface area contributed by atoms with Crippen molar-refractivity contribution < 1.29 is 9.53 Å². The van der Waals surface area contributed by atoms with Crippen LogP contribution < -0.4 is 5.32 Å². The van der Waals surface area contributed by atoms with E-state index in [1.165, 1.54) is 5.56 Å². The first-order valence-corrected chi connectivity index (χ1v) is 9.71. The second-order valence-corrected chi connectivity index (χ2v) is 6.98. The van der Waals surface area contributed by atoms with Crippen molar-refractivity contribution in [2.75, 3.05) is 6.61 Å². The third-order valence-electron chi connectivity index (χ3n) is 5.24. The van der Waals surface area contributed by atoms with Crippen LogP contribution in [0.1, 0.15) is 43.7 Å². The highest BCUT2D eigenvalue weighted by Gasteiger charge is 2.31. The maximum Gasteiger partial charge on any atom is 0.310 e. The number of ether oxygens (including phenoxy) is 1. The van der Waals surface area contributed by atoms with Gasteiger partial charge < -0.3 is 10.1 Å². The molecule has 1 saturated carbocycles. The third-order valence-corrected chi connectivity index (χ3v) is 5.24. The number of esters is 1. The predicted octanol–water partition coefficient (Wildman–Crippen LogP) is 4.44. The van der Waals surface area contributed by atoms with Crippen LogP contribution in [0.15, 0.2) is 48.5 Å². The molecule has 0 amide bonds. The van der Waals surface area contributed by atoms with Crippen molar-refractivity contribution in [3.8, 4) is 17.2 Å². The van der Waals surface area contributed by atoms with Crippen molar-refractivity contribution in [2.45, 2.75) is 45.2 Å². The van der Waals surface area contributed by atoms with E-state index in [9.17, 15) is 10.1 Å². The fraction of sp³-hybridized carbons (Fsp3) is 0.391. The molecule has 140 valence electrons. The monoisotopic (exact) mass is 362 g/mol. The van der Waals surface area contributed by atoms with Gasteiger partial charge in [0, 0.05) is 12.6 Å². The summed E-state index contributed by atoms with van der Waals surface area (Å²) in [6, 6.07) is 18.3. The molecule has 0 bridgehead atoms. The van der Waals surface area contributed by atoms with Crippen LogP contribution in [-0.2, 0) is 16.1 Å². The van der Waals surface area contributed by atoms with Gasteiger partial charge in [-0.25, -0.2) is 0 Å². The summed E-state index contributed by atoms with van der Waals surface area (Å²) in [5, 5.41) is 12.8. The molecule has 4 heteroatoms. The lowest BCUT2D eigenvalue weighted by molar-refractivity contribution is -0.150. The summed E-state index contributed by atoms with van der Waals surface area (Å²) in [5.74, 6) is -0.112. The van der Waals surface area contributed by atoms with Crippen molar-refractivity contribution in [1.82, 2.24) is 5.32 Å². The Morgan fingerprint density at radius 3 is 2.63 bits per heavy atom. The molecule has 0 saturated heterocycles. The minimum Gasteiger partial charge on any atom is -0.466 e. The van der Waals surface area contributed by atoms with Crippen molar-refractivity contribution >= 4 is 5.97 Å². The number of carbonyl (C=O) groups excluding carboxylic acids is 1. The van der Waals surface area contributed by atoms with E-state index in [1.807, 2.05) is 31.2 Å². The summed E-state index contributed by atoms with van der Waals surface area (Å²) in [4.78, 5) is 12.2. The van der Waals surface area contributed by atoms with Crippen molar-refractivity contribution in [2.24, 2.45) is 5.92 Å². The van der Waals surface area contributed by atoms with Crippen LogP contribution in [0, 0.1) is 17.2 Å². The number of nitrogens with one attached hydrogen (secondary N) is 1. The molecular weight excluding hydrogens is 336 g/mol. The molecule has 27 heavy (non-hydrogen) atoms. The van der Waals surface area contributed by atoms with Gasteiger partial charge in [0.15, 0.2) is 0 Å². The highest BCUT2D eigenvalue weighted by Crippen LogP contribution is 2.27. The summed E-state index contributed by atoms with van der Waals surface area (Å²) in [6.07, 6.45) is 4.16. The van der Waals surface area contributed by atoms with Crippen LogP contribution in [0.2, 0.25) is 0 Å². The number of nitriles is 1. The van der Waals surface area contributed by atoms with E-state index < -0.39 is 0 Å². The van der Waals surface area contributed by atoms with Crippen molar-refractivity contribution in [1.29, 1.82) is 5.26 Å². The zero-order valence-corrected chi connectivity index (χ0v) is 15.8. The van der Waals surface area contributed by atoms with E-state index >= 15 is 0 Å². The highest BCUT2D eigenvalue weighted by atomic mass is 16.5. The zero-order chi connectivity index (χ0) is 19.1. The van der Waals surface area contributed by atoms with Gasteiger partial charge in [0.25, 0.3) is 0 Å². The van der Waals surface area contributed by atoms with Gasteiger partial charge in [-0.05, 0) is 42.5 Å². The number of hydrogen-bond donors (Lipinski definition) is 1. The van der Waals surface area contributed by atoms with Crippen LogP contribution in [0.4, 0.5) is 0 Å². The molecular formula is C23H26N2O2. The zero-order valence-electron chi connectivity index (χ0n) is 15.8. The van der Waals surface area contributed by atoms with Gasteiger partial charge in [0.1, 0.15) is 0 Å². The van der Waals surface area contributed by atoms with Crippen LogP contribution in [0.3, 0.4) is 0 Å². The summed E-state index contributed by atoms with van der Waals surface area (Å²) in [5.41, 5.74) is 3.84. The second kappa shape index (κ2) is 9.34. The number of carbonyl (C=O) groups is 1. The first-order chi connectivity index (χ1) is 13.2. The van der Waals surface area contributed by atoms with E-state index in [-0.39, 0.29) is 17.9 Å². The van der Waals surface area contributed by atoms with E-state index in [1.54, 1.807) is 0 Å². The Morgan fingerprint density at radius 1 is 1.15 bits per heavy atom. The van der Waals surface area contributed by atoms with Gasteiger partial charge in [-0.1, -0.05) is 55.3 Å². The fourth-order valence-electron chi connectivity index (χ4n) is 3.79. The largest absolute Gasteiger partial charge is 0.466 e. The van der Waals surface area contributed by atoms with Gasteiger partial charge in [0.2, 0.25) is 0 Å². The number of hydrogen-bond acceptors (Lipinski definition) is 4. The first-order valence-electron chi connectivity index (χ1n) is 9.71. The average Bonchev–Trinajstić information content (AvgIpc) is 2.73. The molecule has 1 N–H and O–H groups in total. The number of benzene rings is 2. The smallest absolute Gasteiger partial charge is 0.310 e. The molecule has 2 atom stereocenters. The van der Waals surface area contributed by atoms with Gasteiger partial charge in [-0.3, -0.25) is 4.79 Å². The van der Waals surface area contributed by atoms with Gasteiger partial charge in [0.05, 0.1) is 24.2 Å². The van der Waals surface area contributed by atoms with E-state index in [0.717, 1.165) is 43.4 Å². The molecule has 0 heterocycles. The topological polar surface area (TPSA) is 62.1 Å². The molecule has 2 aromatic carbocycles. The van der Waals surface area contributed by atoms with Gasteiger partial charge in [-0.15, -0.1) is 0 Å². The Hall–Kier alpha value is -2.64. The Labute approximate surface area is 161 Å². The predicted molar refractivity (Wildman–Crippen MR) is 106 cm³/mol. The molecule has 0 radical (unpaired) electrons. The number of rotatable bonds is 6. The standard InChI is InChI=1S/C23H26N2O2/c1-2-27-23(26)21-9-5-6-10-22(21)25-16-17-11-13-18(14-12-17)20-8-4-3-7-19(20)15-24/h3-4,7-8,11-14,21-22,25H,2,5-6,9-10,16H2,1H3/t21-,22+/m0/s1. The third kappa shape index (κ3) is 4.75. The van der Waals surface area contributed by atoms with Crippen LogP contribution in [0.25, 0.3) is 11.1 Å². The fourth-order valence-corrected chi connectivity index (χ4v) is 3.79. The van der Waals surface area contributed by atoms with Crippen LogP contribution in [0.5, 0.6) is 0 Å². The summed E-state index contributed by atoms with van der Waals surface area (Å²) < 4.78 is 5.24. The second-order valence-electron chi connectivity index (χ2n) is 6.98. The summed E-state index contributed by atoms with van der Waals surface area (Å²) in [6.45, 7) is 3.02. The van der Waals surface area contributed by atoms with Gasteiger partial charge >= 0.3 is 5.97 Å². The van der Waals surface area contributed by atoms with E-state index in [0.29, 0.717) is 12.2 Å². The normalized spacial score (nSPS) is 19.3. The maximum atomic E-state index is 12.2. The first kappa shape index (κ1) is 19.1. The van der Waals surface area contributed by atoms with Crippen molar-refractivity contribution in [3.63, 3.8) is 0 Å². The Bertz CT molecular complexity index is 808. The molecule has 0 spiro atoms. The SMILES string of the molecule is CCOC(=O)[C@H]1CCCC[C@H]1NCc1ccc(-c2ccccc2C#N)cc1. The molecule has 1 aliphatic rings. The van der Waals surface area contributed by atoms with E-state index in [4.69, 9.17) is 4.74 Å². The Morgan fingerprint density at radius 2 is 1.89 bits per heavy atom. The average molecular weight is 362 g/mol. The molecule has 4 nitrogen and oxygen atoms in total. The molecule has 3 rings (SSSR count). The molecule has 1 aliphatic carbocycles.